The summed E-state index contributed by atoms with van der Waals surface area (Å²) in [4.78, 5) is 2.43. The van der Waals surface area contributed by atoms with Gasteiger partial charge in [0.1, 0.15) is 0 Å². The van der Waals surface area contributed by atoms with Crippen LogP contribution in [0.3, 0.4) is 0 Å². The highest BCUT2D eigenvalue weighted by atomic mass is 16.2. The number of nitrogens with one attached hydrogen (secondary N) is 1. The molecule has 1 saturated heterocycles. The molecular formula is C12H26N2O. The third-order valence-corrected chi connectivity index (χ3v) is 3.14. The molecule has 0 spiro atoms. The molecule has 90 valence electrons. The second-order valence-corrected chi connectivity index (χ2v) is 4.69. The minimum Gasteiger partial charge on any atom is -0.396 e. The summed E-state index contributed by atoms with van der Waals surface area (Å²) in [5, 5.41) is 12.2. The average molecular weight is 214 g/mol. The summed E-state index contributed by atoms with van der Waals surface area (Å²) in [6, 6.07) is 0.729. The first kappa shape index (κ1) is 12.9. The van der Waals surface area contributed by atoms with Gasteiger partial charge in [-0.2, -0.15) is 0 Å². The number of aliphatic hydroxyl groups is 1. The molecule has 0 amide bonds. The highest BCUT2D eigenvalue weighted by Gasteiger charge is 2.15. The summed E-state index contributed by atoms with van der Waals surface area (Å²) in [7, 11) is 2.21. The smallest absolute Gasteiger partial charge is 0.0431 e. The van der Waals surface area contributed by atoms with Crippen molar-refractivity contribution in [3.63, 3.8) is 0 Å². The molecule has 1 fully saturated rings. The van der Waals surface area contributed by atoms with Crippen molar-refractivity contribution in [1.29, 1.82) is 0 Å². The molecule has 2 N–H and O–H groups in total. The van der Waals surface area contributed by atoms with Gasteiger partial charge in [-0.15, -0.1) is 0 Å². The molecule has 0 bridgehead atoms. The van der Waals surface area contributed by atoms with E-state index in [0.29, 0.717) is 6.61 Å². The first-order valence-corrected chi connectivity index (χ1v) is 6.35. The highest BCUT2D eigenvalue weighted by molar-refractivity contribution is 4.76. The molecule has 1 heterocycles. The maximum Gasteiger partial charge on any atom is 0.0431 e. The minimum atomic E-state index is 0.349. The van der Waals surface area contributed by atoms with Gasteiger partial charge in [0.15, 0.2) is 0 Å². The lowest BCUT2D eigenvalue weighted by Crippen LogP contribution is -2.35. The topological polar surface area (TPSA) is 35.5 Å². The largest absolute Gasteiger partial charge is 0.396 e. The minimum absolute atomic E-state index is 0.349. The SMILES string of the molecule is CN(CCCCCCO)CC1CCCN1. The Morgan fingerprint density at radius 3 is 2.73 bits per heavy atom. The summed E-state index contributed by atoms with van der Waals surface area (Å²) in [5.41, 5.74) is 0. The van der Waals surface area contributed by atoms with E-state index in [1.807, 2.05) is 0 Å². The van der Waals surface area contributed by atoms with Gasteiger partial charge in [-0.1, -0.05) is 12.8 Å². The number of hydrogen-bond donors (Lipinski definition) is 2. The Labute approximate surface area is 93.9 Å². The fourth-order valence-corrected chi connectivity index (χ4v) is 2.23. The van der Waals surface area contributed by atoms with Gasteiger partial charge in [0.2, 0.25) is 0 Å². The van der Waals surface area contributed by atoms with Gasteiger partial charge in [0, 0.05) is 19.2 Å². The molecule has 0 saturated carbocycles. The van der Waals surface area contributed by atoms with Crippen molar-refractivity contribution in [2.24, 2.45) is 0 Å². The predicted octanol–water partition coefficient (Wildman–Crippen LogP) is 1.22. The Bertz CT molecular complexity index is 147. The summed E-state index contributed by atoms with van der Waals surface area (Å²) in [5.74, 6) is 0. The quantitative estimate of drug-likeness (QED) is 0.596. The fourth-order valence-electron chi connectivity index (χ4n) is 2.23. The van der Waals surface area contributed by atoms with Crippen LogP contribution < -0.4 is 5.32 Å². The van der Waals surface area contributed by atoms with Crippen LogP contribution in [0, 0.1) is 0 Å². The molecule has 1 rings (SSSR count). The second-order valence-electron chi connectivity index (χ2n) is 4.69. The van der Waals surface area contributed by atoms with E-state index < -0.39 is 0 Å². The highest BCUT2D eigenvalue weighted by Crippen LogP contribution is 2.07. The summed E-state index contributed by atoms with van der Waals surface area (Å²) in [6.45, 7) is 3.94. The van der Waals surface area contributed by atoms with E-state index in [2.05, 4.69) is 17.3 Å². The Hall–Kier alpha value is -0.120. The predicted molar refractivity (Wildman–Crippen MR) is 64.1 cm³/mol. The van der Waals surface area contributed by atoms with Crippen LogP contribution in [0.25, 0.3) is 0 Å². The standard InChI is InChI=1S/C12H26N2O/c1-14(9-4-2-3-5-10-15)11-12-7-6-8-13-12/h12-13,15H,2-11H2,1H3. The van der Waals surface area contributed by atoms with Crippen LogP contribution in [0.15, 0.2) is 0 Å². The molecule has 0 radical (unpaired) electrons. The number of aliphatic hydroxyl groups excluding tert-OH is 1. The lowest BCUT2D eigenvalue weighted by atomic mass is 10.2. The fraction of sp³-hybridized carbons (Fsp3) is 1.00. The molecule has 0 aliphatic carbocycles. The lowest BCUT2D eigenvalue weighted by Gasteiger charge is -2.20. The van der Waals surface area contributed by atoms with Crippen LogP contribution in [0.4, 0.5) is 0 Å². The first-order valence-electron chi connectivity index (χ1n) is 6.35. The van der Waals surface area contributed by atoms with Crippen molar-refractivity contribution >= 4 is 0 Å². The zero-order valence-corrected chi connectivity index (χ0v) is 10.0. The average Bonchev–Trinajstić information content (AvgIpc) is 2.70. The molecule has 1 aliphatic rings. The van der Waals surface area contributed by atoms with E-state index in [0.717, 1.165) is 12.5 Å². The van der Waals surface area contributed by atoms with E-state index in [1.165, 1.54) is 51.7 Å². The van der Waals surface area contributed by atoms with Crippen LogP contribution >= 0.6 is 0 Å². The number of nitrogens with zero attached hydrogens (tertiary/aromatic N) is 1. The molecule has 0 aromatic heterocycles. The lowest BCUT2D eigenvalue weighted by molar-refractivity contribution is 0.273. The summed E-state index contributed by atoms with van der Waals surface area (Å²) < 4.78 is 0. The van der Waals surface area contributed by atoms with Crippen molar-refractivity contribution in [1.82, 2.24) is 10.2 Å². The normalized spacial score (nSPS) is 21.4. The van der Waals surface area contributed by atoms with Gasteiger partial charge in [0.25, 0.3) is 0 Å². The Morgan fingerprint density at radius 1 is 1.27 bits per heavy atom. The van der Waals surface area contributed by atoms with Crippen molar-refractivity contribution < 1.29 is 5.11 Å². The van der Waals surface area contributed by atoms with Crippen molar-refractivity contribution in [2.75, 3.05) is 33.3 Å². The van der Waals surface area contributed by atoms with Crippen molar-refractivity contribution in [3.8, 4) is 0 Å². The molecular weight excluding hydrogens is 188 g/mol. The maximum atomic E-state index is 8.65. The Morgan fingerprint density at radius 2 is 2.07 bits per heavy atom. The van der Waals surface area contributed by atoms with Crippen molar-refractivity contribution in [3.05, 3.63) is 0 Å². The van der Waals surface area contributed by atoms with Crippen LogP contribution in [0.2, 0.25) is 0 Å². The number of likely N-dealkylation sites (N-methyl/N-ethyl adjacent to an activating group) is 1. The Kier molecular flexibility index (Phi) is 6.98. The van der Waals surface area contributed by atoms with E-state index in [-0.39, 0.29) is 0 Å². The summed E-state index contributed by atoms with van der Waals surface area (Å²) in [6.07, 6.45) is 7.34. The van der Waals surface area contributed by atoms with E-state index in [1.54, 1.807) is 0 Å². The molecule has 3 heteroatoms. The first-order chi connectivity index (χ1) is 7.33. The van der Waals surface area contributed by atoms with Gasteiger partial charge >= 0.3 is 0 Å². The van der Waals surface area contributed by atoms with E-state index in [9.17, 15) is 0 Å². The number of unbranched alkanes of at least 4 members (excludes halogenated alkanes) is 3. The van der Waals surface area contributed by atoms with Crippen molar-refractivity contribution in [2.45, 2.75) is 44.6 Å². The number of rotatable bonds is 8. The second kappa shape index (κ2) is 8.08. The van der Waals surface area contributed by atoms with Gasteiger partial charge in [0.05, 0.1) is 0 Å². The van der Waals surface area contributed by atoms with E-state index >= 15 is 0 Å². The van der Waals surface area contributed by atoms with Gasteiger partial charge in [-0.3, -0.25) is 0 Å². The van der Waals surface area contributed by atoms with Gasteiger partial charge in [-0.25, -0.2) is 0 Å². The van der Waals surface area contributed by atoms with Crippen LogP contribution in [-0.4, -0.2) is 49.3 Å². The molecule has 3 nitrogen and oxygen atoms in total. The van der Waals surface area contributed by atoms with Gasteiger partial charge in [-0.05, 0) is 45.8 Å². The molecule has 0 aromatic carbocycles. The molecule has 1 aliphatic heterocycles. The molecule has 15 heavy (non-hydrogen) atoms. The zero-order chi connectivity index (χ0) is 10.9. The summed E-state index contributed by atoms with van der Waals surface area (Å²) >= 11 is 0. The maximum absolute atomic E-state index is 8.65. The van der Waals surface area contributed by atoms with Crippen LogP contribution in [0.1, 0.15) is 38.5 Å². The van der Waals surface area contributed by atoms with Crippen LogP contribution in [0.5, 0.6) is 0 Å². The zero-order valence-electron chi connectivity index (χ0n) is 10.0. The Balaban J connectivity index is 1.91. The third kappa shape index (κ3) is 6.13. The number of hydrogen-bond acceptors (Lipinski definition) is 3. The monoisotopic (exact) mass is 214 g/mol. The molecule has 1 unspecified atom stereocenters. The van der Waals surface area contributed by atoms with Gasteiger partial charge < -0.3 is 15.3 Å². The van der Waals surface area contributed by atoms with E-state index in [4.69, 9.17) is 5.11 Å². The molecule has 1 atom stereocenters. The molecule has 0 aromatic rings. The third-order valence-electron chi connectivity index (χ3n) is 3.14. The van der Waals surface area contributed by atoms with Crippen LogP contribution in [-0.2, 0) is 0 Å².